The van der Waals surface area contributed by atoms with Crippen molar-refractivity contribution >= 4 is 21.8 Å². The largest absolute Gasteiger partial charge is 0.497 e. The second kappa shape index (κ2) is 13.8. The number of ether oxygens (including phenoxy) is 5. The number of hydrogen-bond acceptors (Lipinski definition) is 9. The van der Waals surface area contributed by atoms with Crippen LogP contribution >= 0.6 is 0 Å². The number of rotatable bonds is 14. The summed E-state index contributed by atoms with van der Waals surface area (Å²) >= 11 is 0. The van der Waals surface area contributed by atoms with Crippen molar-refractivity contribution in [1.29, 1.82) is 0 Å². The summed E-state index contributed by atoms with van der Waals surface area (Å²) in [5.74, 6) is 0.589. The first-order chi connectivity index (χ1) is 19.4. The first-order valence-electron chi connectivity index (χ1n) is 13.1. The van der Waals surface area contributed by atoms with Gasteiger partial charge in [0, 0.05) is 21.1 Å². The average molecular weight is 590 g/mol. The maximum atomic E-state index is 14.2. The number of hydrogen-bond donors (Lipinski definition) is 0. The molecule has 1 heterocycles. The topological polar surface area (TPSA) is 118 Å². The molecule has 0 fully saturated rings. The molecule has 0 aliphatic carbocycles. The van der Waals surface area contributed by atoms with E-state index in [2.05, 4.69) is 25.9 Å². The molecule has 0 spiro atoms. The highest BCUT2D eigenvalue weighted by atomic mass is 32.2. The zero-order valence-corrected chi connectivity index (χ0v) is 25.5. The molecule has 2 aromatic carbocycles. The molecule has 0 aliphatic heterocycles. The summed E-state index contributed by atoms with van der Waals surface area (Å²) in [5, 5.41) is 4.50. The van der Waals surface area contributed by atoms with Gasteiger partial charge in [-0.1, -0.05) is 45.0 Å². The number of sulfonamides is 1. The minimum absolute atomic E-state index is 0.00552. The van der Waals surface area contributed by atoms with Gasteiger partial charge in [0.25, 0.3) is 10.0 Å². The van der Waals surface area contributed by atoms with Crippen LogP contribution in [-0.2, 0) is 41.5 Å². The lowest BCUT2D eigenvalue weighted by Crippen LogP contribution is -2.35. The molecule has 224 valence electrons. The van der Waals surface area contributed by atoms with Crippen LogP contribution in [0.1, 0.15) is 33.3 Å². The van der Waals surface area contributed by atoms with Crippen LogP contribution in [0.2, 0.25) is 0 Å². The number of methoxy groups -OCH3 is 2. The van der Waals surface area contributed by atoms with Gasteiger partial charge in [-0.25, -0.2) is 17.4 Å². The molecule has 0 amide bonds. The van der Waals surface area contributed by atoms with Crippen LogP contribution in [0.3, 0.4) is 0 Å². The van der Waals surface area contributed by atoms with Crippen molar-refractivity contribution < 1.29 is 36.9 Å². The van der Waals surface area contributed by atoms with E-state index in [0.717, 1.165) is 5.56 Å². The molecule has 12 heteroatoms. The quantitative estimate of drug-likeness (QED) is 0.155. The Balaban J connectivity index is 2.15. The normalized spacial score (nSPS) is 11.8. The van der Waals surface area contributed by atoms with Gasteiger partial charge in [0.05, 0.1) is 30.8 Å². The van der Waals surface area contributed by atoms with Crippen molar-refractivity contribution in [2.45, 2.75) is 38.0 Å². The minimum atomic E-state index is -4.14. The zero-order chi connectivity index (χ0) is 30.2. The van der Waals surface area contributed by atoms with Crippen LogP contribution in [0.4, 0.5) is 5.82 Å². The van der Waals surface area contributed by atoms with Crippen LogP contribution in [0, 0.1) is 0 Å². The second-order valence-corrected chi connectivity index (χ2v) is 12.1. The van der Waals surface area contributed by atoms with Crippen molar-refractivity contribution in [2.24, 2.45) is 7.05 Å². The maximum Gasteiger partial charge on any atom is 0.302 e. The molecular formula is C29H39N3O8S. The molecule has 11 nitrogen and oxygen atoms in total. The summed E-state index contributed by atoms with van der Waals surface area (Å²) in [6.07, 6.45) is 0. The summed E-state index contributed by atoms with van der Waals surface area (Å²) in [6.45, 7) is 7.67. The summed E-state index contributed by atoms with van der Waals surface area (Å²) in [4.78, 5) is 11.3. The number of carbonyl (C=O) groups excluding carboxylic acids is 1. The number of aryl methyl sites for hydroxylation is 1. The third-order valence-corrected chi connectivity index (χ3v) is 7.90. The first-order valence-corrected chi connectivity index (χ1v) is 14.5. The minimum Gasteiger partial charge on any atom is -0.497 e. The van der Waals surface area contributed by atoms with Gasteiger partial charge >= 0.3 is 5.97 Å². The summed E-state index contributed by atoms with van der Waals surface area (Å²) < 4.78 is 58.0. The van der Waals surface area contributed by atoms with E-state index in [0.29, 0.717) is 16.9 Å². The smallest absolute Gasteiger partial charge is 0.302 e. The van der Waals surface area contributed by atoms with Crippen molar-refractivity contribution in [3.63, 3.8) is 0 Å². The highest BCUT2D eigenvalue weighted by Gasteiger charge is 2.33. The lowest BCUT2D eigenvalue weighted by atomic mass is 9.87. The Hall–Kier alpha value is -3.61. The van der Waals surface area contributed by atoms with Crippen molar-refractivity contribution in [1.82, 2.24) is 9.78 Å². The maximum absolute atomic E-state index is 14.2. The summed E-state index contributed by atoms with van der Waals surface area (Å²) in [5.41, 5.74) is 1.91. The average Bonchev–Trinajstić information content (AvgIpc) is 3.25. The fraction of sp³-hybridized carbons (Fsp3) is 0.448. The molecular weight excluding hydrogens is 550 g/mol. The molecule has 0 atom stereocenters. The lowest BCUT2D eigenvalue weighted by molar-refractivity contribution is -0.141. The molecule has 1 aromatic heterocycles. The van der Waals surface area contributed by atoms with Crippen LogP contribution in [0.15, 0.2) is 53.4 Å². The SMILES string of the molecule is COCCOCN(c1c(-c2ccc(OC)cc2)c(OCCOC(C)=O)nn1C)S(=O)(=O)c1ccc(C(C)(C)C)cc1. The Kier molecular flexibility index (Phi) is 10.8. The number of esters is 1. The molecule has 0 N–H and O–H groups in total. The summed E-state index contributed by atoms with van der Waals surface area (Å²) in [6, 6.07) is 13.9. The van der Waals surface area contributed by atoms with Gasteiger partial charge < -0.3 is 23.7 Å². The standard InChI is InChI=1S/C29H39N3O8S/c1-21(33)39-18-19-40-27-26(22-8-12-24(37-7)13-9-22)28(31(5)30-27)32(20-38-17-16-36-6)41(34,35)25-14-10-23(11-15-25)29(2,3)4/h8-15H,16-20H2,1-7H3. The molecule has 0 radical (unpaired) electrons. The van der Waals surface area contributed by atoms with E-state index >= 15 is 0 Å². The molecule has 0 bridgehead atoms. The van der Waals surface area contributed by atoms with E-state index in [1.165, 1.54) is 23.0 Å². The zero-order valence-electron chi connectivity index (χ0n) is 24.7. The number of aromatic nitrogens is 2. The third-order valence-electron chi connectivity index (χ3n) is 6.18. The van der Waals surface area contributed by atoms with Gasteiger partial charge in [-0.05, 0) is 40.8 Å². The first kappa shape index (κ1) is 31.9. The van der Waals surface area contributed by atoms with Crippen molar-refractivity contribution in [3.8, 4) is 22.8 Å². The predicted octanol–water partition coefficient (Wildman–Crippen LogP) is 4.15. The monoisotopic (exact) mass is 589 g/mol. The molecule has 41 heavy (non-hydrogen) atoms. The summed E-state index contributed by atoms with van der Waals surface area (Å²) in [7, 11) is 0.590. The molecule has 0 saturated heterocycles. The van der Waals surface area contributed by atoms with E-state index < -0.39 is 16.0 Å². The predicted molar refractivity (Wildman–Crippen MR) is 155 cm³/mol. The van der Waals surface area contributed by atoms with Gasteiger partial charge in [-0.15, -0.1) is 5.10 Å². The highest BCUT2D eigenvalue weighted by molar-refractivity contribution is 7.92. The van der Waals surface area contributed by atoms with E-state index in [9.17, 15) is 13.2 Å². The molecule has 0 unspecified atom stereocenters. The molecule has 3 aromatic rings. The van der Waals surface area contributed by atoms with Gasteiger partial charge in [-0.2, -0.15) is 0 Å². The van der Waals surface area contributed by atoms with Crippen LogP contribution in [-0.4, -0.2) is 71.5 Å². The van der Waals surface area contributed by atoms with Gasteiger partial charge in [0.2, 0.25) is 5.88 Å². The number of carbonyl (C=O) groups is 1. The Labute approximate surface area is 242 Å². The van der Waals surface area contributed by atoms with E-state index in [-0.39, 0.29) is 55.2 Å². The van der Waals surface area contributed by atoms with Gasteiger partial charge in [-0.3, -0.25) is 4.79 Å². The number of benzene rings is 2. The van der Waals surface area contributed by atoms with E-state index in [4.69, 9.17) is 23.7 Å². The van der Waals surface area contributed by atoms with Gasteiger partial charge in [0.1, 0.15) is 25.7 Å². The van der Waals surface area contributed by atoms with Crippen molar-refractivity contribution in [3.05, 3.63) is 54.1 Å². The Bertz CT molecular complexity index is 1400. The molecule has 0 aliphatic rings. The molecule has 0 saturated carbocycles. The molecule has 3 rings (SSSR count). The fourth-order valence-electron chi connectivity index (χ4n) is 4.00. The number of anilines is 1. The van der Waals surface area contributed by atoms with E-state index in [1.807, 2.05) is 12.1 Å². The van der Waals surface area contributed by atoms with E-state index in [1.54, 1.807) is 50.6 Å². The number of nitrogens with zero attached hydrogens (tertiary/aromatic N) is 3. The van der Waals surface area contributed by atoms with Crippen LogP contribution in [0.5, 0.6) is 11.6 Å². The Morgan fingerprint density at radius 3 is 2.17 bits per heavy atom. The van der Waals surface area contributed by atoms with Gasteiger partial charge in [0.15, 0.2) is 5.82 Å². The Morgan fingerprint density at radius 2 is 1.61 bits per heavy atom. The van der Waals surface area contributed by atoms with Crippen LogP contribution < -0.4 is 13.8 Å². The Morgan fingerprint density at radius 1 is 0.951 bits per heavy atom. The fourth-order valence-corrected chi connectivity index (χ4v) is 5.39. The van der Waals surface area contributed by atoms with Crippen LogP contribution in [0.25, 0.3) is 11.1 Å². The van der Waals surface area contributed by atoms with Crippen molar-refractivity contribution in [2.75, 3.05) is 51.7 Å². The third kappa shape index (κ3) is 7.99. The highest BCUT2D eigenvalue weighted by Crippen LogP contribution is 2.41. The second-order valence-electron chi connectivity index (χ2n) is 10.2. The lowest BCUT2D eigenvalue weighted by Gasteiger charge is -2.26.